The molecule has 1 aromatic heterocycles. The fraction of sp³-hybridized carbons (Fsp3) is 0.464. The van der Waals surface area contributed by atoms with E-state index in [-0.39, 0.29) is 28.6 Å². The molecule has 1 aromatic carbocycles. The molecule has 3 N–H and O–H groups in total. The van der Waals surface area contributed by atoms with Gasteiger partial charge < -0.3 is 29.7 Å². The number of fused-ring (bicyclic) bond motifs is 2. The third-order valence-electron chi connectivity index (χ3n) is 8.16. The van der Waals surface area contributed by atoms with Crippen molar-refractivity contribution in [2.75, 3.05) is 42.6 Å². The molecule has 1 amide bonds. The van der Waals surface area contributed by atoms with Crippen molar-refractivity contribution in [3.63, 3.8) is 0 Å². The Hall–Kier alpha value is -2.79. The Morgan fingerprint density at radius 1 is 1.11 bits per heavy atom. The quantitative estimate of drug-likeness (QED) is 0.203. The number of amides is 1. The van der Waals surface area contributed by atoms with Crippen LogP contribution in [0.1, 0.15) is 36.2 Å². The summed E-state index contributed by atoms with van der Waals surface area (Å²) in [6.45, 7) is 3.66. The second-order valence-electron chi connectivity index (χ2n) is 11.0. The van der Waals surface area contributed by atoms with E-state index in [4.69, 9.17) is 12.2 Å². The van der Waals surface area contributed by atoms with Gasteiger partial charge in [-0.1, -0.05) is 35.7 Å². The number of halogens is 1. The molecule has 0 radical (unpaired) electrons. The highest BCUT2D eigenvalue weighted by Crippen LogP contribution is 2.53. The summed E-state index contributed by atoms with van der Waals surface area (Å²) in [6.07, 6.45) is 2.26. The number of carboxylic acid groups (broad SMARTS) is 2. The number of carbonyl (C=O) groups excluding carboxylic acids is 1. The molecular weight excluding hydrogens is 652 g/mol. The van der Waals surface area contributed by atoms with E-state index >= 15 is 4.39 Å². The van der Waals surface area contributed by atoms with Crippen molar-refractivity contribution in [2.24, 2.45) is 5.92 Å². The van der Waals surface area contributed by atoms with Crippen LogP contribution < -0.4 is 10.3 Å². The Balaban J connectivity index is 1.05. The van der Waals surface area contributed by atoms with Gasteiger partial charge in [0.25, 0.3) is 0 Å². The molecule has 4 aliphatic rings. The molecule has 3 fully saturated rings. The van der Waals surface area contributed by atoms with Crippen LogP contribution in [0.2, 0.25) is 0 Å². The van der Waals surface area contributed by atoms with Crippen LogP contribution in [0.15, 0.2) is 33.1 Å². The molecule has 2 saturated heterocycles. The number of pyridine rings is 1. The third-order valence-corrected chi connectivity index (χ3v) is 12.6. The van der Waals surface area contributed by atoms with Gasteiger partial charge in [0.1, 0.15) is 21.1 Å². The number of rotatable bonds is 9. The average Bonchev–Trinajstić information content (AvgIpc) is 3.77. The lowest BCUT2D eigenvalue weighted by atomic mass is 9.92. The molecule has 2 aromatic rings. The molecular formula is C28H29FN4O7S4. The van der Waals surface area contributed by atoms with Crippen LogP contribution in [0.25, 0.3) is 10.9 Å². The van der Waals surface area contributed by atoms with E-state index in [1.165, 1.54) is 53.3 Å². The second kappa shape index (κ2) is 12.2. The Morgan fingerprint density at radius 2 is 1.82 bits per heavy atom. The van der Waals surface area contributed by atoms with E-state index in [9.17, 15) is 34.5 Å². The summed E-state index contributed by atoms with van der Waals surface area (Å²) in [5.74, 6) is -2.84. The zero-order chi connectivity index (χ0) is 31.4. The van der Waals surface area contributed by atoms with E-state index in [0.29, 0.717) is 57.4 Å². The lowest BCUT2D eigenvalue weighted by Crippen LogP contribution is -2.60. The SMILES string of the molecule is C[C@@H](O)[C@@H]1C(=O)N2C(C(=O)O)=C(SCCSC(=S)N3CCN(c4cc5c(cc4F)c(=O)c(C(=O)O)cn5C4CC4)CC3)S[C@H]12. The molecule has 11 nitrogen and oxygen atoms in total. The van der Waals surface area contributed by atoms with Crippen molar-refractivity contribution < 1.29 is 34.1 Å². The first-order valence-corrected chi connectivity index (χ1v) is 17.3. The molecule has 4 heterocycles. The van der Waals surface area contributed by atoms with Crippen LogP contribution in [0.3, 0.4) is 0 Å². The number of aliphatic carboxylic acids is 1. The normalized spacial score (nSPS) is 22.3. The number of benzene rings is 1. The predicted molar refractivity (Wildman–Crippen MR) is 173 cm³/mol. The molecule has 0 unspecified atom stereocenters. The van der Waals surface area contributed by atoms with Gasteiger partial charge in [0.2, 0.25) is 11.3 Å². The van der Waals surface area contributed by atoms with Gasteiger partial charge in [-0.15, -0.1) is 11.8 Å². The number of thioether (sulfide) groups is 3. The predicted octanol–water partition coefficient (Wildman–Crippen LogP) is 3.21. The molecule has 3 aliphatic heterocycles. The maximum absolute atomic E-state index is 15.3. The summed E-state index contributed by atoms with van der Waals surface area (Å²) < 4.78 is 18.3. The maximum Gasteiger partial charge on any atom is 0.354 e. The number of nitrogens with zero attached hydrogens (tertiary/aromatic N) is 4. The number of hydrogen-bond donors (Lipinski definition) is 3. The van der Waals surface area contributed by atoms with Crippen molar-refractivity contribution in [3.05, 3.63) is 49.9 Å². The number of aromatic carboxylic acids is 1. The summed E-state index contributed by atoms with van der Waals surface area (Å²) in [6, 6.07) is 2.89. The number of aliphatic hydroxyl groups excluding tert-OH is 1. The number of piperazine rings is 1. The molecule has 0 spiro atoms. The molecule has 6 rings (SSSR count). The summed E-state index contributed by atoms with van der Waals surface area (Å²) in [5.41, 5.74) is -0.179. The van der Waals surface area contributed by atoms with Crippen molar-refractivity contribution >= 4 is 86.3 Å². The van der Waals surface area contributed by atoms with Crippen molar-refractivity contribution in [1.29, 1.82) is 0 Å². The van der Waals surface area contributed by atoms with E-state index in [1.807, 2.05) is 9.80 Å². The van der Waals surface area contributed by atoms with Crippen LogP contribution in [0, 0.1) is 11.7 Å². The Kier molecular flexibility index (Phi) is 8.65. The topological polar surface area (TPSA) is 144 Å². The minimum absolute atomic E-state index is 0.0204. The van der Waals surface area contributed by atoms with Gasteiger partial charge in [-0.25, -0.2) is 14.0 Å². The van der Waals surface area contributed by atoms with Gasteiger partial charge in [0.15, 0.2) is 5.70 Å². The second-order valence-corrected chi connectivity index (χ2v) is 15.2. The number of carbonyl (C=O) groups is 3. The average molecular weight is 681 g/mol. The monoisotopic (exact) mass is 680 g/mol. The zero-order valence-electron chi connectivity index (χ0n) is 23.5. The summed E-state index contributed by atoms with van der Waals surface area (Å²) >= 11 is 9.79. The van der Waals surface area contributed by atoms with Crippen LogP contribution in [0.4, 0.5) is 10.1 Å². The van der Waals surface area contributed by atoms with Gasteiger partial charge in [-0.3, -0.25) is 14.5 Å². The minimum atomic E-state index is -1.33. The fourth-order valence-electron chi connectivity index (χ4n) is 5.74. The van der Waals surface area contributed by atoms with Crippen molar-refractivity contribution in [1.82, 2.24) is 14.4 Å². The van der Waals surface area contributed by atoms with Gasteiger partial charge in [-0.2, -0.15) is 0 Å². The first kappa shape index (κ1) is 31.2. The summed E-state index contributed by atoms with van der Waals surface area (Å²) in [4.78, 5) is 53.8. The van der Waals surface area contributed by atoms with E-state index in [2.05, 4.69) is 0 Å². The number of carboxylic acids is 2. The number of aromatic nitrogens is 1. The van der Waals surface area contributed by atoms with Crippen molar-refractivity contribution in [3.8, 4) is 0 Å². The summed E-state index contributed by atoms with van der Waals surface area (Å²) in [7, 11) is 0. The van der Waals surface area contributed by atoms with E-state index in [1.54, 1.807) is 10.6 Å². The van der Waals surface area contributed by atoms with Gasteiger partial charge >= 0.3 is 11.9 Å². The Bertz CT molecular complexity index is 1670. The lowest BCUT2D eigenvalue weighted by molar-refractivity contribution is -0.156. The maximum atomic E-state index is 15.3. The zero-order valence-corrected chi connectivity index (χ0v) is 26.7. The molecule has 16 heteroatoms. The Labute approximate surface area is 269 Å². The molecule has 44 heavy (non-hydrogen) atoms. The molecule has 1 saturated carbocycles. The molecule has 3 atom stereocenters. The molecule has 0 bridgehead atoms. The van der Waals surface area contributed by atoms with E-state index < -0.39 is 40.6 Å². The van der Waals surface area contributed by atoms with Crippen LogP contribution in [-0.4, -0.2) is 101 Å². The number of thiocarbonyl (C=S) groups is 1. The highest BCUT2D eigenvalue weighted by molar-refractivity contribution is 8.25. The molecule has 234 valence electrons. The first-order chi connectivity index (χ1) is 21.0. The number of anilines is 1. The van der Waals surface area contributed by atoms with Crippen LogP contribution in [0.5, 0.6) is 0 Å². The smallest absolute Gasteiger partial charge is 0.354 e. The minimum Gasteiger partial charge on any atom is -0.477 e. The van der Waals surface area contributed by atoms with Gasteiger partial charge in [0, 0.05) is 55.3 Å². The number of β-lactam (4-membered cyclic amide) rings is 1. The number of hydrogen-bond acceptors (Lipinski definition) is 10. The third kappa shape index (κ3) is 5.59. The summed E-state index contributed by atoms with van der Waals surface area (Å²) in [5, 5.41) is 28.7. The Morgan fingerprint density at radius 3 is 2.43 bits per heavy atom. The van der Waals surface area contributed by atoms with Gasteiger partial charge in [0.05, 0.1) is 27.5 Å². The van der Waals surface area contributed by atoms with Gasteiger partial charge in [-0.05, 0) is 31.9 Å². The fourth-order valence-corrected chi connectivity index (χ4v) is 10.0. The molecule has 1 aliphatic carbocycles. The first-order valence-electron chi connectivity index (χ1n) is 14.0. The van der Waals surface area contributed by atoms with Crippen LogP contribution in [-0.2, 0) is 9.59 Å². The lowest BCUT2D eigenvalue weighted by Gasteiger charge is -2.43. The van der Waals surface area contributed by atoms with E-state index in [0.717, 1.165) is 18.9 Å². The highest BCUT2D eigenvalue weighted by atomic mass is 32.2. The van der Waals surface area contributed by atoms with Crippen LogP contribution >= 0.6 is 47.5 Å². The van der Waals surface area contributed by atoms with Crippen molar-refractivity contribution in [2.45, 2.75) is 37.3 Å². The number of aliphatic hydroxyl groups is 1. The largest absolute Gasteiger partial charge is 0.477 e. The highest BCUT2D eigenvalue weighted by Gasteiger charge is 2.57. The standard InChI is InChI=1S/C28H29FN4O7S4/c1-13(34)20-23(36)33-21(26(39)40)27(44-24(20)33)42-8-9-43-28(41)31-6-4-30(5-7-31)19-11-18-15(10-17(19)29)22(35)16(25(37)38)12-32(18)14-2-3-14/h10-14,20,24,34H,2-9H2,1H3,(H,37,38)(H,39,40)/t13-,20-,24-/m1/s1.